The van der Waals surface area contributed by atoms with Gasteiger partial charge >= 0.3 is 0 Å². The molecule has 0 aliphatic heterocycles. The average molecular weight is 701 g/mol. The number of rotatable bonds is 5. The molecule has 2 aromatic heterocycles. The van der Waals surface area contributed by atoms with Crippen molar-refractivity contribution in [3.8, 4) is 56.2 Å². The smallest absolute Gasteiger partial charge is 0.160 e. The summed E-state index contributed by atoms with van der Waals surface area (Å²) in [6.07, 6.45) is 0. The lowest BCUT2D eigenvalue weighted by Crippen LogP contribution is -1.99. The third kappa shape index (κ3) is 5.05. The quantitative estimate of drug-likeness (QED) is 0.133. The minimum atomic E-state index is 0.675. The van der Waals surface area contributed by atoms with E-state index in [4.69, 9.17) is 14.4 Å². The van der Waals surface area contributed by atoms with Crippen LogP contribution in [0.4, 0.5) is 0 Å². The van der Waals surface area contributed by atoms with Gasteiger partial charge in [-0.25, -0.2) is 9.97 Å². The molecule has 0 spiro atoms. The predicted molar refractivity (Wildman–Crippen MR) is 229 cm³/mol. The van der Waals surface area contributed by atoms with Crippen molar-refractivity contribution in [1.82, 2.24) is 9.97 Å². The molecule has 3 heteroatoms. The molecule has 0 saturated heterocycles. The Morgan fingerprint density at radius 1 is 0.345 bits per heavy atom. The Bertz CT molecular complexity index is 3250. The van der Waals surface area contributed by atoms with Gasteiger partial charge in [0.1, 0.15) is 11.2 Å². The maximum atomic E-state index is 6.57. The van der Waals surface area contributed by atoms with Crippen molar-refractivity contribution in [3.63, 3.8) is 0 Å². The van der Waals surface area contributed by atoms with Crippen LogP contribution in [-0.4, -0.2) is 9.97 Å². The number of benzene rings is 9. The first-order valence-corrected chi connectivity index (χ1v) is 18.7. The lowest BCUT2D eigenvalue weighted by atomic mass is 9.85. The number of para-hydroxylation sites is 2. The van der Waals surface area contributed by atoms with Gasteiger partial charge in [-0.2, -0.15) is 0 Å². The lowest BCUT2D eigenvalue weighted by Gasteiger charge is -2.20. The largest absolute Gasteiger partial charge is 0.455 e. The van der Waals surface area contributed by atoms with Crippen LogP contribution < -0.4 is 0 Å². The Balaban J connectivity index is 1.25. The molecule has 256 valence electrons. The van der Waals surface area contributed by atoms with Crippen molar-refractivity contribution in [2.24, 2.45) is 0 Å². The third-order valence-electron chi connectivity index (χ3n) is 10.9. The lowest BCUT2D eigenvalue weighted by molar-refractivity contribution is 0.670. The molecular formula is C52H32N2O. The Labute approximate surface area is 317 Å². The van der Waals surface area contributed by atoms with Crippen LogP contribution in [0.3, 0.4) is 0 Å². The Morgan fingerprint density at radius 2 is 0.927 bits per heavy atom. The fourth-order valence-electron chi connectivity index (χ4n) is 8.46. The van der Waals surface area contributed by atoms with Gasteiger partial charge in [-0.3, -0.25) is 0 Å². The highest BCUT2D eigenvalue weighted by atomic mass is 16.3. The van der Waals surface area contributed by atoms with E-state index in [9.17, 15) is 0 Å². The van der Waals surface area contributed by atoms with E-state index in [0.29, 0.717) is 5.82 Å². The number of furan rings is 1. The van der Waals surface area contributed by atoms with Crippen molar-refractivity contribution in [2.75, 3.05) is 0 Å². The molecule has 0 fully saturated rings. The summed E-state index contributed by atoms with van der Waals surface area (Å²) < 4.78 is 6.57. The van der Waals surface area contributed by atoms with E-state index in [1.807, 2.05) is 30.3 Å². The summed E-state index contributed by atoms with van der Waals surface area (Å²) in [5.74, 6) is 0.675. The molecular weight excluding hydrogens is 669 g/mol. The monoisotopic (exact) mass is 700 g/mol. The molecule has 11 rings (SSSR count). The molecule has 11 aromatic rings. The van der Waals surface area contributed by atoms with Crippen molar-refractivity contribution in [3.05, 3.63) is 194 Å². The van der Waals surface area contributed by atoms with E-state index in [1.54, 1.807) is 0 Å². The summed E-state index contributed by atoms with van der Waals surface area (Å²) in [5, 5.41) is 9.29. The maximum Gasteiger partial charge on any atom is 0.160 e. The molecule has 0 radical (unpaired) electrons. The van der Waals surface area contributed by atoms with Crippen LogP contribution in [0.2, 0.25) is 0 Å². The molecule has 0 unspecified atom stereocenters. The highest BCUT2D eigenvalue weighted by Crippen LogP contribution is 2.47. The van der Waals surface area contributed by atoms with Gasteiger partial charge in [-0.15, -0.1) is 0 Å². The van der Waals surface area contributed by atoms with Crippen LogP contribution in [0.15, 0.2) is 199 Å². The van der Waals surface area contributed by atoms with Gasteiger partial charge in [-0.1, -0.05) is 182 Å². The van der Waals surface area contributed by atoms with E-state index >= 15 is 0 Å². The fourth-order valence-corrected chi connectivity index (χ4v) is 8.46. The third-order valence-corrected chi connectivity index (χ3v) is 10.9. The van der Waals surface area contributed by atoms with E-state index in [0.717, 1.165) is 66.5 Å². The van der Waals surface area contributed by atoms with Crippen molar-refractivity contribution in [2.45, 2.75) is 0 Å². The molecule has 9 aromatic carbocycles. The normalized spacial score (nSPS) is 11.6. The Hall–Kier alpha value is -7.36. The number of fused-ring (bicyclic) bond motifs is 7. The molecule has 0 aliphatic rings. The first-order valence-electron chi connectivity index (χ1n) is 18.7. The minimum absolute atomic E-state index is 0.675. The van der Waals surface area contributed by atoms with E-state index in [-0.39, 0.29) is 0 Å². The minimum Gasteiger partial charge on any atom is -0.455 e. The molecule has 3 nitrogen and oxygen atoms in total. The van der Waals surface area contributed by atoms with E-state index in [1.165, 1.54) is 38.1 Å². The van der Waals surface area contributed by atoms with Gasteiger partial charge in [0.25, 0.3) is 0 Å². The fraction of sp³-hybridized carbons (Fsp3) is 0. The molecule has 0 amide bonds. The van der Waals surface area contributed by atoms with Crippen LogP contribution >= 0.6 is 0 Å². The van der Waals surface area contributed by atoms with Gasteiger partial charge in [0.15, 0.2) is 5.82 Å². The van der Waals surface area contributed by atoms with Crippen LogP contribution in [0.1, 0.15) is 0 Å². The maximum absolute atomic E-state index is 6.57. The molecule has 0 bridgehead atoms. The average Bonchev–Trinajstić information content (AvgIpc) is 3.65. The van der Waals surface area contributed by atoms with Gasteiger partial charge < -0.3 is 4.42 Å². The summed E-state index contributed by atoms with van der Waals surface area (Å²) in [5.41, 5.74) is 11.0. The van der Waals surface area contributed by atoms with E-state index < -0.39 is 0 Å². The Morgan fingerprint density at radius 3 is 1.73 bits per heavy atom. The standard InChI is InChI=1S/C52H32N2O/c1-3-17-34(18-4-1)48-40-25-11-12-26-41(40)50(49-36-21-8-7-16-33(36)30-31-44(48)49)46-32-45(53-52(54-46)35-19-5-2-6-20-35)38-23-10-9-22-37(38)42-27-15-28-43-39-24-13-14-29-47(39)55-51(42)43/h1-32H. The van der Waals surface area contributed by atoms with Gasteiger partial charge in [0.2, 0.25) is 0 Å². The van der Waals surface area contributed by atoms with Gasteiger partial charge in [-0.05, 0) is 55.8 Å². The van der Waals surface area contributed by atoms with Crippen LogP contribution in [0, 0.1) is 0 Å². The first kappa shape index (κ1) is 31.2. The number of hydrogen-bond acceptors (Lipinski definition) is 3. The highest BCUT2D eigenvalue weighted by molar-refractivity contribution is 6.27. The summed E-state index contributed by atoms with van der Waals surface area (Å²) in [7, 11) is 0. The molecule has 2 heterocycles. The van der Waals surface area contributed by atoms with Gasteiger partial charge in [0.05, 0.1) is 11.4 Å². The second-order valence-electron chi connectivity index (χ2n) is 14.0. The second-order valence-corrected chi connectivity index (χ2v) is 14.0. The van der Waals surface area contributed by atoms with Gasteiger partial charge in [0, 0.05) is 38.4 Å². The van der Waals surface area contributed by atoms with Crippen molar-refractivity contribution < 1.29 is 4.42 Å². The van der Waals surface area contributed by atoms with Crippen LogP contribution in [0.25, 0.3) is 110 Å². The summed E-state index contributed by atoms with van der Waals surface area (Å²) >= 11 is 0. The molecule has 0 N–H and O–H groups in total. The van der Waals surface area contributed by atoms with E-state index in [2.05, 4.69) is 164 Å². The number of hydrogen-bond donors (Lipinski definition) is 0. The Kier molecular flexibility index (Phi) is 7.17. The zero-order valence-electron chi connectivity index (χ0n) is 29.8. The van der Waals surface area contributed by atoms with Crippen molar-refractivity contribution >= 4 is 54.3 Å². The molecule has 0 saturated carbocycles. The number of nitrogens with zero attached hydrogens (tertiary/aromatic N) is 2. The number of aromatic nitrogens is 2. The topological polar surface area (TPSA) is 38.9 Å². The first-order chi connectivity index (χ1) is 27.3. The van der Waals surface area contributed by atoms with Crippen molar-refractivity contribution in [1.29, 1.82) is 0 Å². The zero-order valence-corrected chi connectivity index (χ0v) is 29.8. The van der Waals surface area contributed by atoms with Crippen LogP contribution in [0.5, 0.6) is 0 Å². The summed E-state index contributed by atoms with van der Waals surface area (Å²) in [4.78, 5) is 10.8. The SMILES string of the molecule is c1ccc(-c2nc(-c3ccccc3-c3cccc4c3oc3ccccc34)cc(-c3c4ccccc4c(-c4ccccc4)c4ccc5ccccc5c34)n2)cc1. The molecule has 55 heavy (non-hydrogen) atoms. The van der Waals surface area contributed by atoms with Crippen LogP contribution in [-0.2, 0) is 0 Å². The molecule has 0 aliphatic carbocycles. The zero-order chi connectivity index (χ0) is 36.3. The molecule has 0 atom stereocenters. The summed E-state index contributed by atoms with van der Waals surface area (Å²) in [6.45, 7) is 0. The summed E-state index contributed by atoms with van der Waals surface area (Å²) in [6, 6.07) is 68.5. The highest BCUT2D eigenvalue weighted by Gasteiger charge is 2.22. The second kappa shape index (κ2) is 12.6. The predicted octanol–water partition coefficient (Wildman–Crippen LogP) is 14.2.